The van der Waals surface area contributed by atoms with Crippen LogP contribution < -0.4 is 5.73 Å². The van der Waals surface area contributed by atoms with Gasteiger partial charge in [-0.05, 0) is 20.8 Å². The highest BCUT2D eigenvalue weighted by Gasteiger charge is 2.29. The zero-order valence-electron chi connectivity index (χ0n) is 8.49. The lowest BCUT2D eigenvalue weighted by atomic mass is 10.1. The van der Waals surface area contributed by atoms with E-state index in [-0.39, 0.29) is 24.1 Å². The van der Waals surface area contributed by atoms with Crippen molar-refractivity contribution >= 4 is 5.91 Å². The Hall–Kier alpha value is -0.610. The number of nitrogens with two attached hydrogens (primary N) is 1. The molecule has 0 saturated carbocycles. The lowest BCUT2D eigenvalue weighted by molar-refractivity contribution is -0.128. The average Bonchev–Trinajstić information content (AvgIpc) is 2.08. The molecule has 0 aromatic heterocycles. The fourth-order valence-corrected chi connectivity index (χ4v) is 1.63. The van der Waals surface area contributed by atoms with Crippen LogP contribution in [0.25, 0.3) is 0 Å². The first-order valence-corrected chi connectivity index (χ1v) is 4.69. The highest BCUT2D eigenvalue weighted by molar-refractivity contribution is 5.79. The first-order chi connectivity index (χ1) is 6.02. The zero-order valence-corrected chi connectivity index (χ0v) is 8.49. The van der Waals surface area contributed by atoms with Crippen LogP contribution >= 0.6 is 0 Å². The molecule has 4 heteroatoms. The Morgan fingerprint density at radius 2 is 2.23 bits per heavy atom. The molecule has 1 saturated heterocycles. The number of nitrogens with zero attached hydrogens (tertiary/aromatic N) is 1. The summed E-state index contributed by atoms with van der Waals surface area (Å²) in [7, 11) is 0. The third-order valence-corrected chi connectivity index (χ3v) is 2.57. The van der Waals surface area contributed by atoms with Gasteiger partial charge in [0.1, 0.15) is 0 Å². The van der Waals surface area contributed by atoms with Crippen molar-refractivity contribution in [3.63, 3.8) is 0 Å². The van der Waals surface area contributed by atoms with Crippen LogP contribution in [-0.4, -0.2) is 42.1 Å². The largest absolute Gasteiger partial charge is 0.376 e. The van der Waals surface area contributed by atoms with E-state index in [0.29, 0.717) is 6.61 Å². The van der Waals surface area contributed by atoms with Crippen molar-refractivity contribution in [3.8, 4) is 0 Å². The van der Waals surface area contributed by atoms with Crippen LogP contribution in [0.4, 0.5) is 0 Å². The molecule has 1 amide bonds. The van der Waals surface area contributed by atoms with Gasteiger partial charge < -0.3 is 10.5 Å². The lowest BCUT2D eigenvalue weighted by Crippen LogP contribution is -2.54. The van der Waals surface area contributed by atoms with Gasteiger partial charge in [0.05, 0.1) is 18.8 Å². The number of ether oxygens (including phenoxy) is 1. The van der Waals surface area contributed by atoms with E-state index in [1.807, 2.05) is 20.8 Å². The normalized spacial score (nSPS) is 32.8. The summed E-state index contributed by atoms with van der Waals surface area (Å²) in [4.78, 5) is 13.1. The number of rotatable bonds is 2. The number of carbonyl (C=O) groups excluding carboxylic acids is 1. The number of hydrogen-bond acceptors (Lipinski definition) is 3. The van der Waals surface area contributed by atoms with E-state index in [4.69, 9.17) is 10.5 Å². The number of amides is 1. The van der Waals surface area contributed by atoms with Crippen molar-refractivity contribution in [2.24, 2.45) is 5.73 Å². The minimum Gasteiger partial charge on any atom is -0.376 e. The number of carbonyl (C=O) groups is 1. The van der Waals surface area contributed by atoms with Gasteiger partial charge >= 0.3 is 0 Å². The third-order valence-electron chi connectivity index (χ3n) is 2.57. The van der Waals surface area contributed by atoms with Crippen molar-refractivity contribution in [2.75, 3.05) is 13.2 Å². The van der Waals surface area contributed by atoms with E-state index in [1.165, 1.54) is 0 Å². The second kappa shape index (κ2) is 4.07. The summed E-state index contributed by atoms with van der Waals surface area (Å²) in [6.07, 6.45) is 0.193. The molecule has 2 N–H and O–H groups in total. The SMILES string of the molecule is CC1CN(C(C)C(N)=O)C(C)CO1. The van der Waals surface area contributed by atoms with Crippen LogP contribution in [0, 0.1) is 0 Å². The molecule has 3 atom stereocenters. The van der Waals surface area contributed by atoms with Gasteiger partial charge in [-0.3, -0.25) is 9.69 Å². The molecule has 3 unspecified atom stereocenters. The van der Waals surface area contributed by atoms with Gasteiger partial charge in [0.15, 0.2) is 0 Å². The lowest BCUT2D eigenvalue weighted by Gasteiger charge is -2.39. The fraction of sp³-hybridized carbons (Fsp3) is 0.889. The maximum atomic E-state index is 11.0. The summed E-state index contributed by atoms with van der Waals surface area (Å²) in [5, 5.41) is 0. The van der Waals surface area contributed by atoms with E-state index in [9.17, 15) is 4.79 Å². The maximum Gasteiger partial charge on any atom is 0.234 e. The first-order valence-electron chi connectivity index (χ1n) is 4.69. The molecule has 0 radical (unpaired) electrons. The smallest absolute Gasteiger partial charge is 0.234 e. The van der Waals surface area contributed by atoms with Crippen molar-refractivity contribution in [1.29, 1.82) is 0 Å². The topological polar surface area (TPSA) is 55.6 Å². The number of morpholine rings is 1. The Kier molecular flexibility index (Phi) is 3.27. The van der Waals surface area contributed by atoms with Gasteiger partial charge in [-0.2, -0.15) is 0 Å². The van der Waals surface area contributed by atoms with Crippen LogP contribution in [0.2, 0.25) is 0 Å². The Morgan fingerprint density at radius 3 is 2.77 bits per heavy atom. The van der Waals surface area contributed by atoms with Crippen LogP contribution in [0.3, 0.4) is 0 Å². The quantitative estimate of drug-likeness (QED) is 0.659. The van der Waals surface area contributed by atoms with Crippen LogP contribution in [0.5, 0.6) is 0 Å². The van der Waals surface area contributed by atoms with E-state index < -0.39 is 0 Å². The zero-order chi connectivity index (χ0) is 10.0. The van der Waals surface area contributed by atoms with E-state index in [2.05, 4.69) is 4.90 Å². The first kappa shape index (κ1) is 10.5. The van der Waals surface area contributed by atoms with Gasteiger partial charge in [0, 0.05) is 12.6 Å². The van der Waals surface area contributed by atoms with E-state index in [0.717, 1.165) is 6.54 Å². The van der Waals surface area contributed by atoms with Gasteiger partial charge in [0.2, 0.25) is 5.91 Å². The molecular formula is C9H18N2O2. The van der Waals surface area contributed by atoms with Gasteiger partial charge in [-0.1, -0.05) is 0 Å². The highest BCUT2D eigenvalue weighted by Crippen LogP contribution is 2.14. The van der Waals surface area contributed by atoms with E-state index >= 15 is 0 Å². The van der Waals surface area contributed by atoms with Crippen molar-refractivity contribution in [1.82, 2.24) is 4.90 Å². The Morgan fingerprint density at radius 1 is 1.62 bits per heavy atom. The molecule has 1 heterocycles. The molecule has 1 rings (SSSR count). The Balaban J connectivity index is 2.60. The third kappa shape index (κ3) is 2.42. The summed E-state index contributed by atoms with van der Waals surface area (Å²) in [5.41, 5.74) is 5.25. The van der Waals surface area contributed by atoms with Crippen LogP contribution in [-0.2, 0) is 9.53 Å². The monoisotopic (exact) mass is 186 g/mol. The highest BCUT2D eigenvalue weighted by atomic mass is 16.5. The molecule has 13 heavy (non-hydrogen) atoms. The summed E-state index contributed by atoms with van der Waals surface area (Å²) in [6, 6.07) is 0.0834. The summed E-state index contributed by atoms with van der Waals surface area (Å²) >= 11 is 0. The second-order valence-corrected chi connectivity index (χ2v) is 3.77. The fourth-order valence-electron chi connectivity index (χ4n) is 1.63. The molecule has 0 spiro atoms. The average molecular weight is 186 g/mol. The van der Waals surface area contributed by atoms with E-state index in [1.54, 1.807) is 0 Å². The predicted molar refractivity (Wildman–Crippen MR) is 50.2 cm³/mol. The molecule has 0 aliphatic carbocycles. The van der Waals surface area contributed by atoms with Crippen LogP contribution in [0.1, 0.15) is 20.8 Å². The molecule has 0 bridgehead atoms. The molecule has 4 nitrogen and oxygen atoms in total. The predicted octanol–water partition coefficient (Wildman–Crippen LogP) is -0.0306. The molecule has 0 aromatic rings. The molecular weight excluding hydrogens is 168 g/mol. The Labute approximate surface area is 79.0 Å². The standard InChI is InChI=1S/C9H18N2O2/c1-6-5-13-7(2)4-11(6)8(3)9(10)12/h6-8H,4-5H2,1-3H3,(H2,10,12). The van der Waals surface area contributed by atoms with Crippen LogP contribution in [0.15, 0.2) is 0 Å². The summed E-state index contributed by atoms with van der Waals surface area (Å²) in [5.74, 6) is -0.263. The van der Waals surface area contributed by atoms with Gasteiger partial charge in [-0.25, -0.2) is 0 Å². The minimum atomic E-state index is -0.263. The molecule has 1 fully saturated rings. The maximum absolute atomic E-state index is 11.0. The molecule has 76 valence electrons. The molecule has 1 aliphatic rings. The number of primary amides is 1. The summed E-state index contributed by atoms with van der Waals surface area (Å²) < 4.78 is 5.46. The van der Waals surface area contributed by atoms with Crippen molar-refractivity contribution < 1.29 is 9.53 Å². The van der Waals surface area contributed by atoms with Crippen molar-refractivity contribution in [2.45, 2.75) is 39.0 Å². The van der Waals surface area contributed by atoms with Gasteiger partial charge in [0.25, 0.3) is 0 Å². The molecule has 0 aromatic carbocycles. The van der Waals surface area contributed by atoms with Crippen molar-refractivity contribution in [3.05, 3.63) is 0 Å². The number of hydrogen-bond donors (Lipinski definition) is 1. The van der Waals surface area contributed by atoms with Gasteiger partial charge in [-0.15, -0.1) is 0 Å². The minimum absolute atomic E-state index is 0.193. The summed E-state index contributed by atoms with van der Waals surface area (Å²) in [6.45, 7) is 7.36. The molecule has 1 aliphatic heterocycles. The second-order valence-electron chi connectivity index (χ2n) is 3.77. The Bertz CT molecular complexity index is 196.